The third-order valence-corrected chi connectivity index (χ3v) is 7.02. The fraction of sp³-hybridized carbons (Fsp3) is 0.321. The van der Waals surface area contributed by atoms with Crippen LogP contribution >= 0.6 is 0 Å². The number of aromatic hydroxyl groups is 1. The van der Waals surface area contributed by atoms with E-state index >= 15 is 0 Å². The number of aromatic nitrogens is 3. The molecule has 13 nitrogen and oxygen atoms in total. The van der Waals surface area contributed by atoms with Gasteiger partial charge in [-0.3, -0.25) is 14.1 Å². The number of esters is 2. The third-order valence-electron chi connectivity index (χ3n) is 6.61. The molecule has 0 saturated carbocycles. The molecule has 0 saturated heterocycles. The number of hydrogen-bond acceptors (Lipinski definition) is 10. The number of aliphatic imine (C=N–C) groups is 1. The number of methoxy groups -OCH3 is 1. The van der Waals surface area contributed by atoms with E-state index < -0.39 is 23.2 Å². The zero-order chi connectivity index (χ0) is 30.6. The molecular formula is C28H32N6O7S. The number of benzene rings is 2. The van der Waals surface area contributed by atoms with Crippen LogP contribution in [0, 0.1) is 6.92 Å². The fourth-order valence-electron chi connectivity index (χ4n) is 4.57. The Balaban J connectivity index is 1.94. The molecule has 1 aromatic heterocycles. The summed E-state index contributed by atoms with van der Waals surface area (Å²) in [7, 11) is 1.23. The molecule has 2 heterocycles. The number of carbonyl (C=O) groups excluding carboxylic acids is 2. The summed E-state index contributed by atoms with van der Waals surface area (Å²) in [5.41, 5.74) is 3.01. The highest BCUT2D eigenvalue weighted by atomic mass is 32.2. The first-order valence-corrected chi connectivity index (χ1v) is 14.3. The van der Waals surface area contributed by atoms with Gasteiger partial charge in [-0.05, 0) is 69.7 Å². The van der Waals surface area contributed by atoms with Crippen LogP contribution in [-0.4, -0.2) is 73.2 Å². The number of rotatable bonds is 11. The Bertz CT molecular complexity index is 1610. The number of nitrogens with zero attached hydrogens (tertiary/aromatic N) is 5. The van der Waals surface area contributed by atoms with E-state index in [0.29, 0.717) is 5.69 Å². The average molecular weight is 597 g/mol. The number of anilines is 2. The lowest BCUT2D eigenvalue weighted by atomic mass is 10.1. The Labute approximate surface area is 245 Å². The van der Waals surface area contributed by atoms with Crippen molar-refractivity contribution in [1.29, 1.82) is 0 Å². The summed E-state index contributed by atoms with van der Waals surface area (Å²) in [6.07, 6.45) is -0.321. The summed E-state index contributed by atoms with van der Waals surface area (Å²) in [6, 6.07) is 9.91. The van der Waals surface area contributed by atoms with Gasteiger partial charge in [0.25, 0.3) is 11.3 Å². The van der Waals surface area contributed by atoms with Gasteiger partial charge >= 0.3 is 11.9 Å². The van der Waals surface area contributed by atoms with Crippen molar-refractivity contribution in [2.75, 3.05) is 36.4 Å². The quantitative estimate of drug-likeness (QED) is 0.168. The summed E-state index contributed by atoms with van der Waals surface area (Å²) in [5, 5.41) is 15.1. The van der Waals surface area contributed by atoms with Crippen molar-refractivity contribution in [3.05, 3.63) is 53.4 Å². The van der Waals surface area contributed by atoms with Gasteiger partial charge in [-0.15, -0.1) is 5.10 Å². The Morgan fingerprint density at radius 2 is 1.88 bits per heavy atom. The highest BCUT2D eigenvalue weighted by Gasteiger charge is 2.38. The monoisotopic (exact) mass is 596 g/mol. The SMILES string of the molecule is CCOC(=O)C1=C(CC(=O)OC)c2nc(-c3cc(NS(=O)O)ccc3O)nn2C1=Nc1ccc(N(CC)CC)cc1C. The molecule has 3 N–H and O–H groups in total. The fourth-order valence-corrected chi connectivity index (χ4v) is 4.90. The summed E-state index contributed by atoms with van der Waals surface area (Å²) in [4.78, 5) is 37.3. The minimum absolute atomic E-state index is 0.0198. The Kier molecular flexibility index (Phi) is 9.38. The lowest BCUT2D eigenvalue weighted by molar-refractivity contribution is -0.139. The predicted molar refractivity (Wildman–Crippen MR) is 159 cm³/mol. The van der Waals surface area contributed by atoms with Crippen LogP contribution in [0.2, 0.25) is 0 Å². The zero-order valence-corrected chi connectivity index (χ0v) is 24.7. The number of aryl methyl sites for hydroxylation is 1. The van der Waals surface area contributed by atoms with Crippen molar-refractivity contribution in [3.8, 4) is 17.1 Å². The van der Waals surface area contributed by atoms with Gasteiger partial charge in [0.15, 0.2) is 17.5 Å². The number of phenols is 1. The topological polar surface area (TPSA) is 168 Å². The van der Waals surface area contributed by atoms with Crippen LogP contribution in [0.1, 0.15) is 38.6 Å². The van der Waals surface area contributed by atoms with Gasteiger partial charge in [0.2, 0.25) is 0 Å². The number of phenolic OH excluding ortho intramolecular Hbond substituents is 1. The Morgan fingerprint density at radius 3 is 2.50 bits per heavy atom. The second-order valence-corrected chi connectivity index (χ2v) is 9.86. The first kappa shape index (κ1) is 30.4. The molecule has 0 bridgehead atoms. The van der Waals surface area contributed by atoms with E-state index in [4.69, 9.17) is 14.5 Å². The summed E-state index contributed by atoms with van der Waals surface area (Å²) in [5.74, 6) is -1.27. The van der Waals surface area contributed by atoms with E-state index in [1.807, 2.05) is 25.1 Å². The summed E-state index contributed by atoms with van der Waals surface area (Å²) in [6.45, 7) is 9.46. The third kappa shape index (κ3) is 6.19. The van der Waals surface area contributed by atoms with Gasteiger partial charge in [0.05, 0.1) is 31.4 Å². The lowest BCUT2D eigenvalue weighted by Crippen LogP contribution is -2.21. The highest BCUT2D eigenvalue weighted by molar-refractivity contribution is 7.80. The van der Waals surface area contributed by atoms with Crippen molar-refractivity contribution < 1.29 is 32.9 Å². The molecule has 1 aliphatic rings. The summed E-state index contributed by atoms with van der Waals surface area (Å²) < 4.78 is 34.4. The van der Waals surface area contributed by atoms with E-state index in [1.165, 1.54) is 30.0 Å². The molecule has 0 fully saturated rings. The molecule has 2 aromatic carbocycles. The predicted octanol–water partition coefficient (Wildman–Crippen LogP) is 3.83. The van der Waals surface area contributed by atoms with Crippen molar-refractivity contribution in [2.45, 2.75) is 34.1 Å². The van der Waals surface area contributed by atoms with Crippen LogP contribution in [0.25, 0.3) is 17.0 Å². The maximum atomic E-state index is 13.3. The Morgan fingerprint density at radius 1 is 1.14 bits per heavy atom. The Hall–Kier alpha value is -4.56. The second kappa shape index (κ2) is 13.0. The number of ether oxygens (including phenoxy) is 2. The minimum Gasteiger partial charge on any atom is -0.507 e. The van der Waals surface area contributed by atoms with Crippen LogP contribution in [0.5, 0.6) is 5.75 Å². The van der Waals surface area contributed by atoms with E-state index in [0.717, 1.165) is 24.3 Å². The van der Waals surface area contributed by atoms with Gasteiger partial charge in [-0.1, -0.05) is 0 Å². The standard InChI is InChI=1S/C28H32N6O7S/c1-6-33(7-2)18-10-11-21(16(4)13-18)29-27-24(28(37)41-8-3)20(15-23(36)40-5)26-30-25(31-34(26)27)19-14-17(32-42(38)39)9-12-22(19)35/h9-14,32,35H,6-8,15H2,1-5H3,(H,38,39). The van der Waals surface area contributed by atoms with Gasteiger partial charge in [0, 0.05) is 30.0 Å². The lowest BCUT2D eigenvalue weighted by Gasteiger charge is -2.21. The van der Waals surface area contributed by atoms with Crippen LogP contribution < -0.4 is 9.62 Å². The maximum Gasteiger partial charge on any atom is 0.342 e. The second-order valence-electron chi connectivity index (χ2n) is 9.16. The van der Waals surface area contributed by atoms with E-state index in [2.05, 4.69) is 33.6 Å². The normalized spacial score (nSPS) is 14.1. The molecule has 4 rings (SSSR count). The number of nitrogens with one attached hydrogen (secondary N) is 1. The maximum absolute atomic E-state index is 13.3. The van der Waals surface area contributed by atoms with E-state index in [1.54, 1.807) is 6.92 Å². The molecule has 1 atom stereocenters. The van der Waals surface area contributed by atoms with Crippen molar-refractivity contribution >= 4 is 51.7 Å². The molecule has 0 radical (unpaired) electrons. The van der Waals surface area contributed by atoms with Gasteiger partial charge in [-0.2, -0.15) is 4.68 Å². The van der Waals surface area contributed by atoms with E-state index in [-0.39, 0.29) is 58.7 Å². The number of fused-ring (bicyclic) bond motifs is 1. The molecule has 0 aliphatic carbocycles. The molecule has 1 unspecified atom stereocenters. The van der Waals surface area contributed by atoms with Gasteiger partial charge in [0.1, 0.15) is 11.3 Å². The molecule has 222 valence electrons. The largest absolute Gasteiger partial charge is 0.507 e. The average Bonchev–Trinajstić information content (AvgIpc) is 3.50. The number of hydrogen-bond donors (Lipinski definition) is 3. The van der Waals surface area contributed by atoms with Crippen molar-refractivity contribution in [2.24, 2.45) is 4.99 Å². The summed E-state index contributed by atoms with van der Waals surface area (Å²) >= 11 is -2.35. The van der Waals surface area contributed by atoms with Crippen LogP contribution in [0.3, 0.4) is 0 Å². The first-order valence-electron chi connectivity index (χ1n) is 13.2. The van der Waals surface area contributed by atoms with Crippen LogP contribution in [-0.2, 0) is 30.3 Å². The molecule has 42 heavy (non-hydrogen) atoms. The van der Waals surface area contributed by atoms with E-state index in [9.17, 15) is 23.5 Å². The molecule has 1 aliphatic heterocycles. The van der Waals surface area contributed by atoms with Crippen LogP contribution in [0.4, 0.5) is 17.1 Å². The van der Waals surface area contributed by atoms with Crippen molar-refractivity contribution in [3.63, 3.8) is 0 Å². The smallest absolute Gasteiger partial charge is 0.342 e. The minimum atomic E-state index is -2.35. The molecular weight excluding hydrogens is 564 g/mol. The highest BCUT2D eigenvalue weighted by Crippen LogP contribution is 2.37. The van der Waals surface area contributed by atoms with Gasteiger partial charge in [-0.25, -0.2) is 19.0 Å². The number of carbonyl (C=O) groups is 2. The van der Waals surface area contributed by atoms with Crippen molar-refractivity contribution in [1.82, 2.24) is 14.8 Å². The molecule has 14 heteroatoms. The van der Waals surface area contributed by atoms with Crippen LogP contribution in [0.15, 0.2) is 47.0 Å². The molecule has 0 amide bonds. The molecule has 0 spiro atoms. The molecule has 3 aromatic rings. The first-order chi connectivity index (χ1) is 20.1. The zero-order valence-electron chi connectivity index (χ0n) is 23.9. The van der Waals surface area contributed by atoms with Gasteiger partial charge < -0.3 is 19.5 Å².